The van der Waals surface area contributed by atoms with Crippen LogP contribution in [0.25, 0.3) is 5.76 Å². The highest BCUT2D eigenvalue weighted by molar-refractivity contribution is 7.97. The maximum absolute atomic E-state index is 12.5. The molecule has 212 valence electrons. The third kappa shape index (κ3) is 7.42. The molecule has 2 heterocycles. The molecule has 0 spiro atoms. The second-order valence-corrected chi connectivity index (χ2v) is 10.1. The Balaban J connectivity index is -0.00000127. The van der Waals surface area contributed by atoms with E-state index in [1.54, 1.807) is 24.3 Å². The number of hydrogen-bond acceptors (Lipinski definition) is 6. The number of fused-ring (bicyclic) bond motifs is 2. The first-order valence-corrected chi connectivity index (χ1v) is 14.4. The summed E-state index contributed by atoms with van der Waals surface area (Å²) in [6.45, 7) is 12.0. The van der Waals surface area contributed by atoms with Gasteiger partial charge in [-0.1, -0.05) is 118 Å². The summed E-state index contributed by atoms with van der Waals surface area (Å²) in [7, 11) is -7.76. The van der Waals surface area contributed by atoms with E-state index in [0.29, 0.717) is 0 Å². The molecule has 0 N–H and O–H groups in total. The summed E-state index contributed by atoms with van der Waals surface area (Å²) < 4.78 is 49.8. The van der Waals surface area contributed by atoms with Gasteiger partial charge in [-0.2, -0.15) is 0 Å². The van der Waals surface area contributed by atoms with Crippen molar-refractivity contribution in [3.63, 3.8) is 0 Å². The zero-order valence-corrected chi connectivity index (χ0v) is 22.4. The molecule has 2 aliphatic heterocycles. The zero-order chi connectivity index (χ0) is 26.8. The molecular weight excluding hydrogens is 520 g/mol. The van der Waals surface area contributed by atoms with Gasteiger partial charge in [0.25, 0.3) is 0 Å². The zero-order valence-electron chi connectivity index (χ0n) is 20.8. The van der Waals surface area contributed by atoms with Gasteiger partial charge in [-0.3, -0.25) is 4.79 Å². The maximum atomic E-state index is 12.5. The average molecular weight is 564 g/mol. The lowest BCUT2D eigenvalue weighted by Crippen LogP contribution is -2.03. The van der Waals surface area contributed by atoms with Crippen molar-refractivity contribution in [3.05, 3.63) is 99.8 Å². The largest absolute Gasteiger partial charge is 0.871 e. The summed E-state index contributed by atoms with van der Waals surface area (Å²) in [6.07, 6.45) is 6.30. The van der Waals surface area contributed by atoms with Gasteiger partial charge in [-0.05, 0) is 35.9 Å². The topological polar surface area (TPSA) is 108 Å². The summed E-state index contributed by atoms with van der Waals surface area (Å²) in [4.78, 5) is 11.5. The Morgan fingerprint density at radius 3 is 1.55 bits per heavy atom. The van der Waals surface area contributed by atoms with E-state index in [4.69, 9.17) is 0 Å². The highest BCUT2D eigenvalue weighted by atomic mass is 32.2. The molecule has 6 nitrogen and oxygen atoms in total. The van der Waals surface area contributed by atoms with Gasteiger partial charge in [0.15, 0.2) is 0 Å². The van der Waals surface area contributed by atoms with Crippen molar-refractivity contribution in [2.75, 3.05) is 0 Å². The van der Waals surface area contributed by atoms with Gasteiger partial charge in [0.1, 0.15) is 4.91 Å². The summed E-state index contributed by atoms with van der Waals surface area (Å²) in [5, 5.41) is 12.3. The van der Waals surface area contributed by atoms with Crippen LogP contribution < -0.4 is 5.11 Å². The lowest BCUT2D eigenvalue weighted by Gasteiger charge is -2.07. The van der Waals surface area contributed by atoms with Gasteiger partial charge in [0.2, 0.25) is 25.5 Å². The third-order valence-electron chi connectivity index (χ3n) is 4.59. The molecular formula is C30H43O6S2-. The van der Waals surface area contributed by atoms with Crippen molar-refractivity contribution in [1.82, 2.24) is 0 Å². The molecule has 2 aromatic rings. The van der Waals surface area contributed by atoms with Crippen molar-refractivity contribution < 1.29 is 26.7 Å². The van der Waals surface area contributed by atoms with E-state index in [2.05, 4.69) is 0 Å². The first kappa shape index (κ1) is 39.3. The van der Waals surface area contributed by atoms with Crippen molar-refractivity contribution in [1.29, 1.82) is 0 Å². The van der Waals surface area contributed by atoms with Crippen LogP contribution in [0.3, 0.4) is 0 Å². The van der Waals surface area contributed by atoms with Crippen LogP contribution in [0, 0.1) is 0 Å². The van der Waals surface area contributed by atoms with Crippen molar-refractivity contribution in [2.24, 2.45) is 0 Å². The molecule has 0 saturated heterocycles. The van der Waals surface area contributed by atoms with E-state index in [1.165, 1.54) is 42.5 Å². The molecule has 0 saturated carbocycles. The number of hydrogen-bond donors (Lipinski definition) is 0. The average Bonchev–Trinajstić information content (AvgIpc) is 3.21. The SMILES string of the molecule is C.C.C.CC.CC.CC.O=C1C(=CC=CC=CC2=C([O-])c3ccccc3S2(=O)=O)S(=O)(=O)c2ccccc21. The Morgan fingerprint density at radius 2 is 1.08 bits per heavy atom. The van der Waals surface area contributed by atoms with Gasteiger partial charge in [0.05, 0.1) is 14.7 Å². The number of allylic oxidation sites excluding steroid dienone is 6. The molecule has 0 radical (unpaired) electrons. The predicted octanol–water partition coefficient (Wildman–Crippen LogP) is 7.16. The van der Waals surface area contributed by atoms with Gasteiger partial charge in [-0.15, -0.1) is 0 Å². The fraction of sp³-hybridized carbons (Fsp3) is 0.300. The number of benzene rings is 2. The van der Waals surface area contributed by atoms with Gasteiger partial charge < -0.3 is 5.11 Å². The highest BCUT2D eigenvalue weighted by Gasteiger charge is 2.38. The summed E-state index contributed by atoms with van der Waals surface area (Å²) >= 11 is 0. The molecule has 0 aliphatic carbocycles. The van der Waals surface area contributed by atoms with Gasteiger partial charge in [-0.25, -0.2) is 16.8 Å². The van der Waals surface area contributed by atoms with E-state index in [-0.39, 0.29) is 53.0 Å². The van der Waals surface area contributed by atoms with E-state index < -0.39 is 31.2 Å². The first-order valence-electron chi connectivity index (χ1n) is 11.5. The molecule has 8 heteroatoms. The van der Waals surface area contributed by atoms with E-state index in [0.717, 1.165) is 12.2 Å². The fourth-order valence-electron chi connectivity index (χ4n) is 3.20. The molecule has 38 heavy (non-hydrogen) atoms. The monoisotopic (exact) mass is 563 g/mol. The van der Waals surface area contributed by atoms with Crippen molar-refractivity contribution in [3.8, 4) is 0 Å². The van der Waals surface area contributed by atoms with Gasteiger partial charge in [0, 0.05) is 5.56 Å². The Bertz CT molecular complexity index is 1390. The first-order chi connectivity index (χ1) is 16.8. The Labute approximate surface area is 231 Å². The number of Topliss-reactive ketones (excluding diaryl/α,β-unsaturated/α-hetero) is 1. The predicted molar refractivity (Wildman–Crippen MR) is 159 cm³/mol. The van der Waals surface area contributed by atoms with Crippen molar-refractivity contribution in [2.45, 2.75) is 73.6 Å². The molecule has 0 fully saturated rings. The maximum Gasteiger partial charge on any atom is 0.211 e. The standard InChI is InChI=1S/C21H14O6S2.3C2H6.3CH4/c22-20-14-8-4-6-10-16(14)28(24,25)18(20)12-2-1-3-13-19-21(23)15-9-5-7-11-17(15)29(19,26)27;3*1-2;;;/h1-13,22H;3*1-2H3;3*1H4/p-1. The lowest BCUT2D eigenvalue weighted by atomic mass is 10.1. The van der Waals surface area contributed by atoms with Crippen LogP contribution in [-0.2, 0) is 19.7 Å². The second kappa shape index (κ2) is 17.3. The third-order valence-corrected chi connectivity index (χ3v) is 8.26. The van der Waals surface area contributed by atoms with Crippen LogP contribution in [0.4, 0.5) is 0 Å². The Hall–Kier alpha value is -3.23. The summed E-state index contributed by atoms with van der Waals surface area (Å²) in [5.41, 5.74) is 0.248. The van der Waals surface area contributed by atoms with Crippen LogP contribution in [0.2, 0.25) is 0 Å². The number of rotatable bonds is 3. The van der Waals surface area contributed by atoms with Crippen LogP contribution in [0.15, 0.2) is 98.5 Å². The molecule has 4 rings (SSSR count). The molecule has 0 unspecified atom stereocenters. The van der Waals surface area contributed by atoms with E-state index in [1.807, 2.05) is 41.5 Å². The van der Waals surface area contributed by atoms with Crippen LogP contribution in [0.1, 0.15) is 79.7 Å². The minimum atomic E-state index is -3.88. The summed E-state index contributed by atoms with van der Waals surface area (Å²) in [5.74, 6) is -1.18. The van der Waals surface area contributed by atoms with Crippen LogP contribution in [0.5, 0.6) is 0 Å². The fourth-order valence-corrected chi connectivity index (χ4v) is 6.32. The van der Waals surface area contributed by atoms with Gasteiger partial charge >= 0.3 is 0 Å². The lowest BCUT2D eigenvalue weighted by molar-refractivity contribution is -0.244. The highest BCUT2D eigenvalue weighted by Crippen LogP contribution is 2.36. The van der Waals surface area contributed by atoms with Crippen LogP contribution in [-0.4, -0.2) is 22.6 Å². The number of sulfone groups is 2. The Morgan fingerprint density at radius 1 is 0.632 bits per heavy atom. The molecule has 2 aliphatic rings. The Kier molecular flexibility index (Phi) is 17.9. The normalized spacial score (nSPS) is 16.3. The van der Waals surface area contributed by atoms with E-state index in [9.17, 15) is 26.7 Å². The minimum absolute atomic E-state index is 0. The number of carbonyl (C=O) groups excluding carboxylic acids is 1. The molecule has 2 aromatic carbocycles. The van der Waals surface area contributed by atoms with Crippen LogP contribution >= 0.6 is 0 Å². The molecule has 0 aromatic heterocycles. The molecule has 0 atom stereocenters. The quantitative estimate of drug-likeness (QED) is 0.290. The summed E-state index contributed by atoms with van der Waals surface area (Å²) in [6, 6.07) is 11.9. The minimum Gasteiger partial charge on any atom is -0.871 e. The van der Waals surface area contributed by atoms with Crippen molar-refractivity contribution >= 4 is 31.2 Å². The second-order valence-electron chi connectivity index (χ2n) is 6.30. The molecule has 0 amide bonds. The molecule has 0 bridgehead atoms. The smallest absolute Gasteiger partial charge is 0.211 e. The number of carbonyl (C=O) groups is 1. The number of ketones is 1. The van der Waals surface area contributed by atoms with E-state index >= 15 is 0 Å².